The standard InChI is InChI=1S/C10H17NO4S/c1-7(2)11-16(13,14)9-6-5-8(15-9)10(3,4)12/h5-7,11-12H,1-4H3. The molecule has 16 heavy (non-hydrogen) atoms. The Morgan fingerprint density at radius 3 is 2.31 bits per heavy atom. The highest BCUT2D eigenvalue weighted by atomic mass is 32.2. The molecule has 6 heteroatoms. The van der Waals surface area contributed by atoms with Crippen molar-refractivity contribution >= 4 is 10.0 Å². The summed E-state index contributed by atoms with van der Waals surface area (Å²) < 4.78 is 30.9. The molecule has 1 rings (SSSR count). The Labute approximate surface area is 95.5 Å². The molecule has 0 bridgehead atoms. The second kappa shape index (κ2) is 4.20. The number of hydrogen-bond acceptors (Lipinski definition) is 4. The van der Waals surface area contributed by atoms with Gasteiger partial charge in [-0.05, 0) is 39.8 Å². The first-order chi connectivity index (χ1) is 7.13. The highest BCUT2D eigenvalue weighted by Crippen LogP contribution is 2.24. The average molecular weight is 247 g/mol. The van der Waals surface area contributed by atoms with Crippen LogP contribution < -0.4 is 4.72 Å². The van der Waals surface area contributed by atoms with E-state index in [1.807, 2.05) is 0 Å². The predicted molar refractivity (Wildman–Crippen MR) is 59.4 cm³/mol. The molecule has 0 amide bonds. The molecule has 0 unspecified atom stereocenters. The van der Waals surface area contributed by atoms with Gasteiger partial charge in [0.05, 0.1) is 0 Å². The quantitative estimate of drug-likeness (QED) is 0.837. The molecule has 92 valence electrons. The summed E-state index contributed by atoms with van der Waals surface area (Å²) in [7, 11) is -3.63. The third-order valence-corrected chi connectivity index (χ3v) is 3.37. The van der Waals surface area contributed by atoms with E-state index in [2.05, 4.69) is 4.72 Å². The van der Waals surface area contributed by atoms with Crippen LogP contribution in [0.1, 0.15) is 33.5 Å². The zero-order chi connectivity index (χ0) is 12.6. The lowest BCUT2D eigenvalue weighted by Crippen LogP contribution is -2.30. The number of hydrogen-bond donors (Lipinski definition) is 2. The van der Waals surface area contributed by atoms with Gasteiger partial charge in [0.1, 0.15) is 11.4 Å². The van der Waals surface area contributed by atoms with Crippen LogP contribution in [0, 0.1) is 0 Å². The zero-order valence-corrected chi connectivity index (χ0v) is 10.6. The minimum absolute atomic E-state index is 0.182. The van der Waals surface area contributed by atoms with Crippen LogP contribution >= 0.6 is 0 Å². The number of nitrogens with one attached hydrogen (secondary N) is 1. The van der Waals surface area contributed by atoms with Gasteiger partial charge < -0.3 is 9.52 Å². The topological polar surface area (TPSA) is 79.5 Å². The van der Waals surface area contributed by atoms with Crippen molar-refractivity contribution in [3.63, 3.8) is 0 Å². The van der Waals surface area contributed by atoms with Gasteiger partial charge in [-0.1, -0.05) is 0 Å². The number of sulfonamides is 1. The van der Waals surface area contributed by atoms with Gasteiger partial charge in [0.25, 0.3) is 10.0 Å². The molecule has 1 aromatic heterocycles. The maximum absolute atomic E-state index is 11.7. The Morgan fingerprint density at radius 2 is 1.94 bits per heavy atom. The normalized spacial score (nSPS) is 13.4. The number of aliphatic hydroxyl groups is 1. The van der Waals surface area contributed by atoms with Crippen LogP contribution in [-0.4, -0.2) is 19.6 Å². The molecule has 0 spiro atoms. The highest BCUT2D eigenvalue weighted by Gasteiger charge is 2.25. The molecule has 0 saturated carbocycles. The third kappa shape index (κ3) is 3.07. The molecule has 1 heterocycles. The van der Waals surface area contributed by atoms with E-state index in [4.69, 9.17) is 4.42 Å². The minimum atomic E-state index is -3.63. The van der Waals surface area contributed by atoms with Gasteiger partial charge >= 0.3 is 0 Å². The zero-order valence-electron chi connectivity index (χ0n) is 9.81. The van der Waals surface area contributed by atoms with Crippen molar-refractivity contribution in [1.29, 1.82) is 0 Å². The van der Waals surface area contributed by atoms with Crippen molar-refractivity contribution in [2.75, 3.05) is 0 Å². The molecule has 0 fully saturated rings. The fraction of sp³-hybridized carbons (Fsp3) is 0.600. The SMILES string of the molecule is CC(C)NS(=O)(=O)c1ccc(C(C)(C)O)o1. The Morgan fingerprint density at radius 1 is 1.38 bits per heavy atom. The van der Waals surface area contributed by atoms with Crippen LogP contribution in [0.15, 0.2) is 21.6 Å². The van der Waals surface area contributed by atoms with Gasteiger partial charge in [0.2, 0.25) is 5.09 Å². The van der Waals surface area contributed by atoms with Crippen LogP contribution in [0.2, 0.25) is 0 Å². The number of rotatable bonds is 4. The third-order valence-electron chi connectivity index (χ3n) is 1.84. The van der Waals surface area contributed by atoms with Crippen molar-refractivity contribution in [2.45, 2.75) is 44.4 Å². The van der Waals surface area contributed by atoms with Gasteiger partial charge in [0.15, 0.2) is 0 Å². The van der Waals surface area contributed by atoms with E-state index in [1.54, 1.807) is 13.8 Å². The van der Waals surface area contributed by atoms with Crippen LogP contribution in [0.5, 0.6) is 0 Å². The molecule has 0 atom stereocenters. The molecule has 0 radical (unpaired) electrons. The molecular formula is C10H17NO4S. The minimum Gasteiger partial charge on any atom is -0.445 e. The molecule has 5 nitrogen and oxygen atoms in total. The Bertz CT molecular complexity index is 453. The van der Waals surface area contributed by atoms with E-state index >= 15 is 0 Å². The largest absolute Gasteiger partial charge is 0.445 e. The van der Waals surface area contributed by atoms with Gasteiger partial charge in [-0.25, -0.2) is 13.1 Å². The lowest BCUT2D eigenvalue weighted by molar-refractivity contribution is 0.0501. The second-order valence-electron chi connectivity index (χ2n) is 4.45. The first kappa shape index (κ1) is 13.2. The van der Waals surface area contributed by atoms with Crippen molar-refractivity contribution in [3.8, 4) is 0 Å². The summed E-state index contributed by atoms with van der Waals surface area (Å²) in [5.74, 6) is 0.219. The van der Waals surface area contributed by atoms with Crippen molar-refractivity contribution < 1.29 is 17.9 Å². The average Bonchev–Trinajstić information content (AvgIpc) is 2.47. The molecular weight excluding hydrogens is 230 g/mol. The maximum atomic E-state index is 11.7. The van der Waals surface area contributed by atoms with Crippen molar-refractivity contribution in [2.24, 2.45) is 0 Å². The van der Waals surface area contributed by atoms with Crippen LogP contribution in [0.4, 0.5) is 0 Å². The van der Waals surface area contributed by atoms with Crippen molar-refractivity contribution in [1.82, 2.24) is 4.72 Å². The Hall–Kier alpha value is -0.850. The highest BCUT2D eigenvalue weighted by molar-refractivity contribution is 7.89. The summed E-state index contributed by atoms with van der Waals surface area (Å²) in [5.41, 5.74) is -1.19. The number of furan rings is 1. The first-order valence-electron chi connectivity index (χ1n) is 4.98. The monoisotopic (exact) mass is 247 g/mol. The summed E-state index contributed by atoms with van der Waals surface area (Å²) in [6, 6.07) is 2.58. The molecule has 0 saturated heterocycles. The second-order valence-corrected chi connectivity index (χ2v) is 6.10. The molecule has 0 aliphatic carbocycles. The lowest BCUT2D eigenvalue weighted by Gasteiger charge is -2.13. The fourth-order valence-electron chi connectivity index (χ4n) is 1.16. The van der Waals surface area contributed by atoms with E-state index in [0.717, 1.165) is 0 Å². The van der Waals surface area contributed by atoms with Crippen LogP contribution in [0.25, 0.3) is 0 Å². The molecule has 2 N–H and O–H groups in total. The maximum Gasteiger partial charge on any atom is 0.274 e. The smallest absolute Gasteiger partial charge is 0.274 e. The first-order valence-corrected chi connectivity index (χ1v) is 6.46. The van der Waals surface area contributed by atoms with Crippen molar-refractivity contribution in [3.05, 3.63) is 17.9 Å². The Kier molecular flexibility index (Phi) is 3.47. The van der Waals surface area contributed by atoms with E-state index < -0.39 is 15.6 Å². The summed E-state index contributed by atoms with van der Waals surface area (Å²) in [5, 5.41) is 9.46. The summed E-state index contributed by atoms with van der Waals surface area (Å²) in [6.07, 6.45) is 0. The van der Waals surface area contributed by atoms with Gasteiger partial charge in [0, 0.05) is 6.04 Å². The fourth-order valence-corrected chi connectivity index (χ4v) is 2.35. The predicted octanol–water partition coefficient (Wildman–Crippen LogP) is 1.19. The van der Waals surface area contributed by atoms with E-state index in [0.29, 0.717) is 0 Å². The van der Waals surface area contributed by atoms with E-state index in [1.165, 1.54) is 26.0 Å². The van der Waals surface area contributed by atoms with E-state index in [9.17, 15) is 13.5 Å². The summed E-state index contributed by atoms with van der Waals surface area (Å²) >= 11 is 0. The van der Waals surface area contributed by atoms with E-state index in [-0.39, 0.29) is 16.9 Å². The van der Waals surface area contributed by atoms with Gasteiger partial charge in [-0.15, -0.1) is 0 Å². The van der Waals surface area contributed by atoms with Crippen LogP contribution in [0.3, 0.4) is 0 Å². The summed E-state index contributed by atoms with van der Waals surface area (Å²) in [4.78, 5) is 0. The molecule has 1 aromatic rings. The van der Waals surface area contributed by atoms with Crippen LogP contribution in [-0.2, 0) is 15.6 Å². The lowest BCUT2D eigenvalue weighted by atomic mass is 10.1. The van der Waals surface area contributed by atoms with Gasteiger partial charge in [-0.2, -0.15) is 0 Å². The van der Waals surface area contributed by atoms with Gasteiger partial charge in [-0.3, -0.25) is 0 Å². The Balaban J connectivity index is 3.03. The molecule has 0 aromatic carbocycles. The molecule has 0 aliphatic heterocycles. The molecule has 0 aliphatic rings. The summed E-state index contributed by atoms with van der Waals surface area (Å²) in [6.45, 7) is 6.49.